The molecule has 0 radical (unpaired) electrons. The summed E-state index contributed by atoms with van der Waals surface area (Å²) in [6, 6.07) is 7.00. The van der Waals surface area contributed by atoms with Gasteiger partial charge >= 0.3 is 0 Å². The maximum Gasteiger partial charge on any atom is 0.0396 e. The summed E-state index contributed by atoms with van der Waals surface area (Å²) in [7, 11) is 2.20. The SMILES string of the molecule is CN1CCCc2cc(CNCC3CCSC3)ccc21. The maximum absolute atomic E-state index is 3.63. The van der Waals surface area contributed by atoms with E-state index in [1.807, 2.05) is 0 Å². The van der Waals surface area contributed by atoms with Crippen LogP contribution in [0.15, 0.2) is 18.2 Å². The largest absolute Gasteiger partial charge is 0.374 e. The van der Waals surface area contributed by atoms with Crippen molar-refractivity contribution in [2.45, 2.75) is 25.8 Å². The van der Waals surface area contributed by atoms with Crippen molar-refractivity contribution < 1.29 is 0 Å². The number of hydrogen-bond acceptors (Lipinski definition) is 3. The first-order chi connectivity index (χ1) is 9.33. The quantitative estimate of drug-likeness (QED) is 0.910. The molecule has 0 aliphatic carbocycles. The van der Waals surface area contributed by atoms with Crippen molar-refractivity contribution >= 4 is 17.4 Å². The monoisotopic (exact) mass is 276 g/mol. The Morgan fingerprint density at radius 2 is 2.37 bits per heavy atom. The van der Waals surface area contributed by atoms with Gasteiger partial charge in [-0.15, -0.1) is 0 Å². The maximum atomic E-state index is 3.63. The predicted octanol–water partition coefficient (Wildman–Crippen LogP) is 2.91. The van der Waals surface area contributed by atoms with Crippen molar-refractivity contribution in [3.05, 3.63) is 29.3 Å². The standard InChI is InChI=1S/C16H24N2S/c1-18-7-2-3-15-9-13(4-5-16(15)18)10-17-11-14-6-8-19-12-14/h4-5,9,14,17H,2-3,6-8,10-12H2,1H3. The van der Waals surface area contributed by atoms with Gasteiger partial charge in [0, 0.05) is 25.8 Å². The molecule has 1 saturated heterocycles. The van der Waals surface area contributed by atoms with Crippen molar-refractivity contribution in [2.24, 2.45) is 5.92 Å². The Hall–Kier alpha value is -0.670. The first-order valence-electron chi connectivity index (χ1n) is 7.44. The van der Waals surface area contributed by atoms with Gasteiger partial charge in [-0.2, -0.15) is 11.8 Å². The molecule has 0 bridgehead atoms. The number of nitrogens with zero attached hydrogens (tertiary/aromatic N) is 1. The number of anilines is 1. The van der Waals surface area contributed by atoms with Gasteiger partial charge in [-0.1, -0.05) is 12.1 Å². The van der Waals surface area contributed by atoms with E-state index in [1.165, 1.54) is 60.7 Å². The zero-order valence-electron chi connectivity index (χ0n) is 11.8. The van der Waals surface area contributed by atoms with Crippen LogP contribution >= 0.6 is 11.8 Å². The van der Waals surface area contributed by atoms with Gasteiger partial charge in [-0.25, -0.2) is 0 Å². The third-order valence-corrected chi connectivity index (χ3v) is 5.51. The number of fused-ring (bicyclic) bond motifs is 1. The van der Waals surface area contributed by atoms with Crippen molar-refractivity contribution in [2.75, 3.05) is 36.5 Å². The Labute approximate surface area is 121 Å². The van der Waals surface area contributed by atoms with E-state index in [9.17, 15) is 0 Å². The van der Waals surface area contributed by atoms with E-state index in [0.29, 0.717) is 0 Å². The number of benzene rings is 1. The lowest BCUT2D eigenvalue weighted by molar-refractivity contribution is 0.523. The second-order valence-corrected chi connectivity index (χ2v) is 7.00. The minimum Gasteiger partial charge on any atom is -0.374 e. The average molecular weight is 276 g/mol. The van der Waals surface area contributed by atoms with Gasteiger partial charge in [-0.3, -0.25) is 0 Å². The fourth-order valence-corrected chi connectivity index (χ4v) is 4.40. The van der Waals surface area contributed by atoms with Crippen molar-refractivity contribution in [1.82, 2.24) is 5.32 Å². The summed E-state index contributed by atoms with van der Waals surface area (Å²) in [6.45, 7) is 3.41. The molecule has 1 unspecified atom stereocenters. The Balaban J connectivity index is 1.56. The molecule has 0 aromatic heterocycles. The smallest absolute Gasteiger partial charge is 0.0396 e. The third-order valence-electron chi connectivity index (χ3n) is 4.28. The van der Waals surface area contributed by atoms with Gasteiger partial charge in [0.2, 0.25) is 0 Å². The topological polar surface area (TPSA) is 15.3 Å². The van der Waals surface area contributed by atoms with E-state index in [0.717, 1.165) is 12.5 Å². The van der Waals surface area contributed by atoms with E-state index >= 15 is 0 Å². The molecule has 2 aliphatic rings. The summed E-state index contributed by atoms with van der Waals surface area (Å²) < 4.78 is 0. The highest BCUT2D eigenvalue weighted by Gasteiger charge is 2.15. The third kappa shape index (κ3) is 3.26. The number of hydrogen-bond donors (Lipinski definition) is 1. The lowest BCUT2D eigenvalue weighted by atomic mass is 9.99. The highest BCUT2D eigenvalue weighted by Crippen LogP contribution is 2.27. The first kappa shape index (κ1) is 13.3. The van der Waals surface area contributed by atoms with Crippen LogP contribution in [0.2, 0.25) is 0 Å². The van der Waals surface area contributed by atoms with Gasteiger partial charge in [0.1, 0.15) is 0 Å². The van der Waals surface area contributed by atoms with E-state index in [1.54, 1.807) is 0 Å². The molecule has 1 N–H and O–H groups in total. The molecule has 2 aliphatic heterocycles. The second kappa shape index (κ2) is 6.19. The first-order valence-corrected chi connectivity index (χ1v) is 8.60. The molecule has 3 heteroatoms. The number of nitrogens with one attached hydrogen (secondary N) is 1. The number of aryl methyl sites for hydroxylation is 1. The van der Waals surface area contributed by atoms with Crippen LogP contribution in [0, 0.1) is 5.92 Å². The van der Waals surface area contributed by atoms with Gasteiger partial charge in [0.15, 0.2) is 0 Å². The Bertz CT molecular complexity index is 427. The van der Waals surface area contributed by atoms with Crippen LogP contribution in [0.5, 0.6) is 0 Å². The molecule has 1 aromatic carbocycles. The van der Waals surface area contributed by atoms with Crippen LogP contribution in [-0.2, 0) is 13.0 Å². The summed E-state index contributed by atoms with van der Waals surface area (Å²) in [4.78, 5) is 2.38. The second-order valence-electron chi connectivity index (χ2n) is 5.85. The van der Waals surface area contributed by atoms with Crippen LogP contribution in [0.3, 0.4) is 0 Å². The fourth-order valence-electron chi connectivity index (χ4n) is 3.11. The van der Waals surface area contributed by atoms with Gasteiger partial charge in [0.25, 0.3) is 0 Å². The van der Waals surface area contributed by atoms with Crippen molar-refractivity contribution in [3.63, 3.8) is 0 Å². The van der Waals surface area contributed by atoms with E-state index < -0.39 is 0 Å². The van der Waals surface area contributed by atoms with Crippen LogP contribution in [0.4, 0.5) is 5.69 Å². The number of rotatable bonds is 4. The van der Waals surface area contributed by atoms with Crippen LogP contribution in [0.1, 0.15) is 24.0 Å². The molecule has 1 aromatic rings. The normalized spacial score (nSPS) is 22.6. The highest BCUT2D eigenvalue weighted by molar-refractivity contribution is 7.99. The molecular formula is C16H24N2S. The van der Waals surface area contributed by atoms with Crippen LogP contribution < -0.4 is 10.2 Å². The fraction of sp³-hybridized carbons (Fsp3) is 0.625. The molecule has 3 rings (SSSR count). The Morgan fingerprint density at radius 1 is 1.42 bits per heavy atom. The Kier molecular flexibility index (Phi) is 4.34. The summed E-state index contributed by atoms with van der Waals surface area (Å²) in [6.07, 6.45) is 3.93. The van der Waals surface area contributed by atoms with Gasteiger partial charge in [-0.05, 0) is 60.4 Å². The van der Waals surface area contributed by atoms with E-state index in [-0.39, 0.29) is 0 Å². The lowest BCUT2D eigenvalue weighted by Gasteiger charge is -2.28. The minimum absolute atomic E-state index is 0.897. The van der Waals surface area contributed by atoms with Crippen molar-refractivity contribution in [1.29, 1.82) is 0 Å². The molecule has 1 atom stereocenters. The molecule has 1 fully saturated rings. The predicted molar refractivity (Wildman–Crippen MR) is 85.2 cm³/mol. The summed E-state index contributed by atoms with van der Waals surface area (Å²) >= 11 is 2.10. The molecule has 0 amide bonds. The molecule has 0 saturated carbocycles. The van der Waals surface area contributed by atoms with E-state index in [2.05, 4.69) is 47.2 Å². The zero-order valence-corrected chi connectivity index (χ0v) is 12.6. The Morgan fingerprint density at radius 3 is 3.21 bits per heavy atom. The summed E-state index contributed by atoms with van der Waals surface area (Å²) in [5.74, 6) is 3.60. The van der Waals surface area contributed by atoms with Gasteiger partial charge in [0.05, 0.1) is 0 Å². The number of thioether (sulfide) groups is 1. The average Bonchev–Trinajstić information content (AvgIpc) is 2.92. The molecule has 0 spiro atoms. The van der Waals surface area contributed by atoms with Crippen molar-refractivity contribution in [3.8, 4) is 0 Å². The molecule has 104 valence electrons. The van der Waals surface area contributed by atoms with Gasteiger partial charge < -0.3 is 10.2 Å². The lowest BCUT2D eigenvalue weighted by Crippen LogP contribution is -2.25. The minimum atomic E-state index is 0.897. The van der Waals surface area contributed by atoms with Crippen LogP contribution in [0.25, 0.3) is 0 Å². The molecule has 2 heterocycles. The van der Waals surface area contributed by atoms with E-state index in [4.69, 9.17) is 0 Å². The van der Waals surface area contributed by atoms with Crippen LogP contribution in [-0.4, -0.2) is 31.6 Å². The highest BCUT2D eigenvalue weighted by atomic mass is 32.2. The summed E-state index contributed by atoms with van der Waals surface area (Å²) in [5, 5.41) is 3.63. The summed E-state index contributed by atoms with van der Waals surface area (Å²) in [5.41, 5.74) is 4.41. The molecule has 19 heavy (non-hydrogen) atoms. The zero-order chi connectivity index (χ0) is 13.1. The molecule has 2 nitrogen and oxygen atoms in total. The molecular weight excluding hydrogens is 252 g/mol.